The minimum absolute atomic E-state index is 0.0758. The van der Waals surface area contributed by atoms with Gasteiger partial charge in [-0.3, -0.25) is 5.32 Å². The van der Waals surface area contributed by atoms with Crippen molar-refractivity contribution in [3.05, 3.63) is 199 Å². The molecule has 1 aliphatic heterocycles. The van der Waals surface area contributed by atoms with E-state index in [2.05, 4.69) is 202 Å². The molecule has 55 heavy (non-hydrogen) atoms. The van der Waals surface area contributed by atoms with Crippen molar-refractivity contribution < 1.29 is 4.42 Å². The zero-order valence-corrected chi connectivity index (χ0v) is 29.8. The average Bonchev–Trinajstić information content (AvgIpc) is 3.92. The summed E-state index contributed by atoms with van der Waals surface area (Å²) in [5.74, 6) is 0. The van der Waals surface area contributed by atoms with Crippen LogP contribution in [0.1, 0.15) is 17.3 Å². The summed E-state index contributed by atoms with van der Waals surface area (Å²) < 4.78 is 11.9. The number of benzene rings is 7. The highest BCUT2D eigenvalue weighted by Crippen LogP contribution is 2.44. The molecule has 0 bridgehead atoms. The Morgan fingerprint density at radius 2 is 1.18 bits per heavy atom. The second kappa shape index (κ2) is 11.7. The first-order valence-corrected chi connectivity index (χ1v) is 18.9. The van der Waals surface area contributed by atoms with Crippen molar-refractivity contribution in [2.24, 2.45) is 0 Å². The van der Waals surface area contributed by atoms with Crippen LogP contribution in [-0.2, 0) is 0 Å². The molecule has 2 unspecified atom stereocenters. The summed E-state index contributed by atoms with van der Waals surface area (Å²) in [7, 11) is 0. The third-order valence-electron chi connectivity index (χ3n) is 11.6. The first kappa shape index (κ1) is 30.4. The number of rotatable bonds is 4. The monoisotopic (exact) mass is 706 g/mol. The highest BCUT2D eigenvalue weighted by Gasteiger charge is 2.30. The van der Waals surface area contributed by atoms with E-state index in [0.717, 1.165) is 55.6 Å². The van der Waals surface area contributed by atoms with Crippen molar-refractivity contribution in [2.75, 3.05) is 0 Å². The number of hydrogen-bond acceptors (Lipinski definition) is 3. The normalized spacial score (nSPS) is 16.9. The molecule has 1 aliphatic carbocycles. The maximum absolute atomic E-state index is 7.02. The van der Waals surface area contributed by atoms with Gasteiger partial charge in [-0.25, -0.2) is 0 Å². The Morgan fingerprint density at radius 1 is 0.527 bits per heavy atom. The van der Waals surface area contributed by atoms with Crippen LogP contribution in [0.2, 0.25) is 0 Å². The lowest BCUT2D eigenvalue weighted by Crippen LogP contribution is -2.45. The van der Waals surface area contributed by atoms with Crippen LogP contribution in [0.15, 0.2) is 192 Å². The maximum Gasteiger partial charge on any atom is 0.159 e. The molecule has 7 aromatic carbocycles. The first-order valence-electron chi connectivity index (χ1n) is 18.9. The lowest BCUT2D eigenvalue weighted by molar-refractivity contribution is 0.462. The third kappa shape index (κ3) is 4.39. The van der Waals surface area contributed by atoms with Gasteiger partial charge in [-0.15, -0.1) is 0 Å². The molecular weight excluding hydrogens is 673 g/mol. The Hall–Kier alpha value is -7.08. The number of aromatic nitrogens is 2. The predicted octanol–water partition coefficient (Wildman–Crippen LogP) is 11.9. The van der Waals surface area contributed by atoms with Crippen LogP contribution >= 0.6 is 0 Å². The van der Waals surface area contributed by atoms with Gasteiger partial charge in [-0.2, -0.15) is 0 Å². The Labute approximate surface area is 316 Å². The molecule has 5 nitrogen and oxygen atoms in total. The summed E-state index contributed by atoms with van der Waals surface area (Å²) in [4.78, 5) is 0. The summed E-state index contributed by atoms with van der Waals surface area (Å²) in [6, 6.07) is 56.6. The van der Waals surface area contributed by atoms with Crippen molar-refractivity contribution >= 4 is 71.2 Å². The van der Waals surface area contributed by atoms with Crippen LogP contribution in [0.3, 0.4) is 0 Å². The predicted molar refractivity (Wildman–Crippen MR) is 227 cm³/mol. The van der Waals surface area contributed by atoms with Gasteiger partial charge in [0.25, 0.3) is 0 Å². The number of nitrogens with one attached hydrogen (secondary N) is 2. The quantitative estimate of drug-likeness (QED) is 0.192. The van der Waals surface area contributed by atoms with E-state index in [1.807, 2.05) is 0 Å². The molecule has 0 saturated heterocycles. The molecule has 10 aromatic rings. The molecule has 0 fully saturated rings. The molecule has 2 aliphatic rings. The fourth-order valence-electron chi connectivity index (χ4n) is 9.27. The van der Waals surface area contributed by atoms with Gasteiger partial charge >= 0.3 is 0 Å². The van der Waals surface area contributed by atoms with Crippen LogP contribution in [0.25, 0.3) is 82.6 Å². The van der Waals surface area contributed by atoms with Gasteiger partial charge < -0.3 is 18.9 Å². The van der Waals surface area contributed by atoms with Gasteiger partial charge in [-0.1, -0.05) is 146 Å². The molecule has 260 valence electrons. The summed E-state index contributed by atoms with van der Waals surface area (Å²) in [6.07, 6.45) is 8.56. The summed E-state index contributed by atoms with van der Waals surface area (Å²) >= 11 is 0. The van der Waals surface area contributed by atoms with Gasteiger partial charge in [0.2, 0.25) is 0 Å². The van der Waals surface area contributed by atoms with E-state index in [4.69, 9.17) is 4.42 Å². The second-order valence-corrected chi connectivity index (χ2v) is 14.5. The number of nitrogens with zero attached hydrogens (tertiary/aromatic N) is 2. The van der Waals surface area contributed by atoms with E-state index >= 15 is 0 Å². The molecule has 0 radical (unpaired) electrons. The minimum atomic E-state index is -0.150. The molecule has 5 heteroatoms. The number of fused-ring (bicyclic) bond motifs is 11. The number of furan rings is 1. The number of hydrogen-bond donors (Lipinski definition) is 2. The van der Waals surface area contributed by atoms with Gasteiger partial charge in [0.1, 0.15) is 11.7 Å². The third-order valence-corrected chi connectivity index (χ3v) is 11.6. The SMILES string of the molecule is C1=CC2=C(c3ccccc3)NC(c3cccc4oc5c(-n6c7ccccc7c7ccc8c9ccccc9n(-c9ccccc9)c8c76)cccc5c34)NC2C=C1. The van der Waals surface area contributed by atoms with Crippen molar-refractivity contribution in [1.29, 1.82) is 0 Å². The van der Waals surface area contributed by atoms with Gasteiger partial charge in [-0.05, 0) is 47.5 Å². The minimum Gasteiger partial charge on any atom is -0.454 e. The molecule has 2 atom stereocenters. The zero-order valence-electron chi connectivity index (χ0n) is 29.8. The zero-order chi connectivity index (χ0) is 36.0. The van der Waals surface area contributed by atoms with E-state index in [-0.39, 0.29) is 12.2 Å². The Balaban J connectivity index is 1.13. The lowest BCUT2D eigenvalue weighted by atomic mass is 9.92. The number of allylic oxidation sites excluding steroid dienone is 2. The topological polar surface area (TPSA) is 47.1 Å². The van der Waals surface area contributed by atoms with Crippen LogP contribution in [0.4, 0.5) is 0 Å². The Kier molecular flexibility index (Phi) is 6.47. The molecule has 2 N–H and O–H groups in total. The maximum atomic E-state index is 7.02. The van der Waals surface area contributed by atoms with E-state index in [0.29, 0.717) is 0 Å². The highest BCUT2D eigenvalue weighted by molar-refractivity contribution is 6.24. The van der Waals surface area contributed by atoms with Gasteiger partial charge in [0.05, 0.1) is 33.8 Å². The van der Waals surface area contributed by atoms with Crippen LogP contribution in [0.5, 0.6) is 0 Å². The molecule has 4 heterocycles. The van der Waals surface area contributed by atoms with Gasteiger partial charge in [0, 0.05) is 49.3 Å². The highest BCUT2D eigenvalue weighted by atomic mass is 16.3. The summed E-state index contributed by atoms with van der Waals surface area (Å²) in [5.41, 5.74) is 13.2. The van der Waals surface area contributed by atoms with Crippen molar-refractivity contribution in [3.63, 3.8) is 0 Å². The van der Waals surface area contributed by atoms with E-state index < -0.39 is 0 Å². The fourth-order valence-corrected chi connectivity index (χ4v) is 9.27. The van der Waals surface area contributed by atoms with Crippen LogP contribution in [0, 0.1) is 0 Å². The van der Waals surface area contributed by atoms with E-state index in [9.17, 15) is 0 Å². The van der Waals surface area contributed by atoms with Crippen molar-refractivity contribution in [3.8, 4) is 11.4 Å². The molecule has 0 amide bonds. The molecular formula is C50H34N4O. The van der Waals surface area contributed by atoms with Gasteiger partial charge in [0.15, 0.2) is 5.58 Å². The van der Waals surface area contributed by atoms with Crippen LogP contribution in [-0.4, -0.2) is 15.2 Å². The number of para-hydroxylation sites is 4. The second-order valence-electron chi connectivity index (χ2n) is 14.5. The first-order chi connectivity index (χ1) is 27.3. The Bertz CT molecular complexity index is 3270. The molecule has 12 rings (SSSR count). The standard InChI is InChI=1S/C50H34N4O/c1-3-15-31(16-4-1)46-37-21-7-10-24-40(37)51-50(52-46)39-23-14-28-44-45(39)38-22-13-27-43(49(38)55-44)54-42-26-12-9-20-34(42)36-30-29-35-33-19-8-11-25-41(33)53(47(35)48(36)54)32-17-5-2-6-18-32/h1-30,40,50-52H. The fraction of sp³-hybridized carbons (Fsp3) is 0.0400. The van der Waals surface area contributed by atoms with E-state index in [1.165, 1.54) is 43.7 Å². The smallest absolute Gasteiger partial charge is 0.159 e. The molecule has 0 saturated carbocycles. The summed E-state index contributed by atoms with van der Waals surface area (Å²) in [6.45, 7) is 0. The lowest BCUT2D eigenvalue weighted by Gasteiger charge is -2.36. The van der Waals surface area contributed by atoms with Crippen molar-refractivity contribution in [1.82, 2.24) is 19.8 Å². The molecule has 0 spiro atoms. The summed E-state index contributed by atoms with van der Waals surface area (Å²) in [5, 5.41) is 14.9. The van der Waals surface area contributed by atoms with Crippen LogP contribution < -0.4 is 10.6 Å². The largest absolute Gasteiger partial charge is 0.454 e. The molecule has 3 aromatic heterocycles. The van der Waals surface area contributed by atoms with E-state index in [1.54, 1.807) is 0 Å². The average molecular weight is 707 g/mol. The Morgan fingerprint density at radius 3 is 1.96 bits per heavy atom. The van der Waals surface area contributed by atoms with Crippen molar-refractivity contribution in [2.45, 2.75) is 12.2 Å².